The highest BCUT2D eigenvalue weighted by Gasteiger charge is 2.33. The molecule has 0 saturated heterocycles. The van der Waals surface area contributed by atoms with E-state index < -0.39 is 0 Å². The molecule has 2 heterocycles. The number of rotatable bonds is 5. The Morgan fingerprint density at radius 2 is 2.20 bits per heavy atom. The molecule has 1 N–H and O–H groups in total. The third-order valence-corrected chi connectivity index (χ3v) is 5.33. The van der Waals surface area contributed by atoms with Crippen molar-refractivity contribution in [1.29, 1.82) is 0 Å². The van der Waals surface area contributed by atoms with E-state index in [0.29, 0.717) is 5.16 Å². The van der Waals surface area contributed by atoms with Crippen molar-refractivity contribution in [2.45, 2.75) is 56.5 Å². The van der Waals surface area contributed by atoms with Crippen LogP contribution in [-0.4, -0.2) is 27.2 Å². The summed E-state index contributed by atoms with van der Waals surface area (Å²) in [6, 6.07) is 9.71. The number of thioether (sulfide) groups is 1. The number of hydrogen-bond donors (Lipinski definition) is 1. The zero-order chi connectivity index (χ0) is 18.0. The van der Waals surface area contributed by atoms with Gasteiger partial charge in [0, 0.05) is 23.5 Å². The second-order valence-electron chi connectivity index (χ2n) is 6.44. The first-order valence-corrected chi connectivity index (χ1v) is 9.55. The highest BCUT2D eigenvalue weighted by atomic mass is 32.2. The number of H-pyrrole nitrogens is 1. The van der Waals surface area contributed by atoms with Gasteiger partial charge in [-0.1, -0.05) is 43.3 Å². The molecule has 1 aliphatic heterocycles. The van der Waals surface area contributed by atoms with Crippen molar-refractivity contribution in [1.82, 2.24) is 9.97 Å². The molecule has 0 bridgehead atoms. The molecule has 1 aliphatic rings. The molecular formula is C19H23N3O2S. The molecule has 132 valence electrons. The highest BCUT2D eigenvalue weighted by molar-refractivity contribution is 8.00. The van der Waals surface area contributed by atoms with Crippen LogP contribution in [-0.2, 0) is 17.6 Å². The summed E-state index contributed by atoms with van der Waals surface area (Å²) in [4.78, 5) is 33.9. The van der Waals surface area contributed by atoms with Gasteiger partial charge in [0.2, 0.25) is 5.91 Å². The van der Waals surface area contributed by atoms with Crippen LogP contribution in [0.2, 0.25) is 0 Å². The van der Waals surface area contributed by atoms with Crippen molar-refractivity contribution >= 4 is 23.4 Å². The van der Waals surface area contributed by atoms with Gasteiger partial charge in [-0.3, -0.25) is 9.59 Å². The van der Waals surface area contributed by atoms with Crippen LogP contribution < -0.4 is 10.5 Å². The summed E-state index contributed by atoms with van der Waals surface area (Å²) in [6.07, 6.45) is 2.56. The zero-order valence-corrected chi connectivity index (χ0v) is 15.6. The number of nitrogens with one attached hydrogen (secondary N) is 1. The summed E-state index contributed by atoms with van der Waals surface area (Å²) in [6.45, 7) is 5.98. The first kappa shape index (κ1) is 17.7. The van der Waals surface area contributed by atoms with E-state index in [-0.39, 0.29) is 22.8 Å². The smallest absolute Gasteiger partial charge is 0.251 e. The maximum absolute atomic E-state index is 13.0. The van der Waals surface area contributed by atoms with Crippen LogP contribution in [0.4, 0.5) is 5.69 Å². The van der Waals surface area contributed by atoms with Crippen molar-refractivity contribution in [2.75, 3.05) is 4.90 Å². The number of benzene rings is 1. The van der Waals surface area contributed by atoms with E-state index in [0.717, 1.165) is 30.6 Å². The van der Waals surface area contributed by atoms with Gasteiger partial charge in [0.05, 0.1) is 5.25 Å². The molecule has 2 atom stereocenters. The number of aryl methyl sites for hydroxylation is 1. The standard InChI is InChI=1S/C19H23N3O2S/c1-4-7-15-11-17(23)21-19(20-15)25-13(3)18(24)22-12(2)10-14-8-5-6-9-16(14)22/h5-6,8-9,11-13H,4,7,10H2,1-3H3,(H,20,21,23). The van der Waals surface area contributed by atoms with E-state index in [9.17, 15) is 9.59 Å². The second-order valence-corrected chi connectivity index (χ2v) is 7.77. The van der Waals surface area contributed by atoms with Crippen LogP contribution in [0.15, 0.2) is 40.3 Å². The molecule has 0 fully saturated rings. The van der Waals surface area contributed by atoms with Gasteiger partial charge >= 0.3 is 0 Å². The maximum Gasteiger partial charge on any atom is 0.251 e. The number of aromatic nitrogens is 2. The molecule has 0 spiro atoms. The van der Waals surface area contributed by atoms with Crippen LogP contribution >= 0.6 is 11.8 Å². The Morgan fingerprint density at radius 3 is 2.96 bits per heavy atom. The van der Waals surface area contributed by atoms with Gasteiger partial charge < -0.3 is 9.88 Å². The topological polar surface area (TPSA) is 66.1 Å². The van der Waals surface area contributed by atoms with E-state index in [4.69, 9.17) is 0 Å². The Kier molecular flexibility index (Phi) is 5.27. The van der Waals surface area contributed by atoms with Gasteiger partial charge in [-0.15, -0.1) is 0 Å². The third-order valence-electron chi connectivity index (χ3n) is 4.36. The van der Waals surface area contributed by atoms with Crippen LogP contribution in [0.25, 0.3) is 0 Å². The molecule has 5 nitrogen and oxygen atoms in total. The predicted octanol–water partition coefficient (Wildman–Crippen LogP) is 3.18. The largest absolute Gasteiger partial charge is 0.308 e. The monoisotopic (exact) mass is 357 g/mol. The van der Waals surface area contributed by atoms with Crippen molar-refractivity contribution in [3.63, 3.8) is 0 Å². The minimum atomic E-state index is -0.325. The Hall–Kier alpha value is -2.08. The first-order valence-electron chi connectivity index (χ1n) is 8.67. The molecule has 6 heteroatoms. The van der Waals surface area contributed by atoms with E-state index >= 15 is 0 Å². The summed E-state index contributed by atoms with van der Waals surface area (Å²) in [5, 5.41) is 0.186. The lowest BCUT2D eigenvalue weighted by atomic mass is 10.1. The summed E-state index contributed by atoms with van der Waals surface area (Å²) in [7, 11) is 0. The third kappa shape index (κ3) is 3.79. The van der Waals surface area contributed by atoms with Crippen LogP contribution in [0.3, 0.4) is 0 Å². The van der Waals surface area contributed by atoms with Crippen LogP contribution in [0.5, 0.6) is 0 Å². The number of anilines is 1. The Balaban J connectivity index is 1.79. The van der Waals surface area contributed by atoms with Crippen molar-refractivity contribution < 1.29 is 4.79 Å². The Bertz CT molecular complexity index is 833. The minimum absolute atomic E-state index is 0.0472. The molecule has 1 aromatic carbocycles. The lowest BCUT2D eigenvalue weighted by Gasteiger charge is -2.25. The van der Waals surface area contributed by atoms with Crippen molar-refractivity contribution in [3.8, 4) is 0 Å². The normalized spacial score (nSPS) is 17.4. The zero-order valence-electron chi connectivity index (χ0n) is 14.8. The Morgan fingerprint density at radius 1 is 1.44 bits per heavy atom. The van der Waals surface area contributed by atoms with Crippen LogP contribution in [0.1, 0.15) is 38.4 Å². The van der Waals surface area contributed by atoms with E-state index in [2.05, 4.69) is 23.0 Å². The van der Waals surface area contributed by atoms with E-state index in [1.807, 2.05) is 36.9 Å². The number of hydrogen-bond acceptors (Lipinski definition) is 4. The molecule has 25 heavy (non-hydrogen) atoms. The number of aromatic amines is 1. The fourth-order valence-electron chi connectivity index (χ4n) is 3.24. The van der Waals surface area contributed by atoms with Gasteiger partial charge in [0.25, 0.3) is 5.56 Å². The van der Waals surface area contributed by atoms with E-state index in [1.54, 1.807) is 0 Å². The molecule has 0 radical (unpaired) electrons. The number of fused-ring (bicyclic) bond motifs is 1. The average Bonchev–Trinajstić information content (AvgIpc) is 2.89. The lowest BCUT2D eigenvalue weighted by molar-refractivity contribution is -0.118. The SMILES string of the molecule is CCCc1cc(=O)[nH]c(SC(C)C(=O)N2c3ccccc3CC2C)n1. The number of amides is 1. The number of nitrogens with zero attached hydrogens (tertiary/aromatic N) is 2. The average molecular weight is 357 g/mol. The molecule has 1 aromatic heterocycles. The molecule has 0 aliphatic carbocycles. The lowest BCUT2D eigenvalue weighted by Crippen LogP contribution is -2.40. The minimum Gasteiger partial charge on any atom is -0.308 e. The Labute approximate surface area is 151 Å². The fourth-order valence-corrected chi connectivity index (χ4v) is 4.12. The molecule has 0 saturated carbocycles. The van der Waals surface area contributed by atoms with E-state index in [1.165, 1.54) is 23.4 Å². The summed E-state index contributed by atoms with van der Waals surface area (Å²) in [5.74, 6) is 0.0472. The predicted molar refractivity (Wildman–Crippen MR) is 101 cm³/mol. The van der Waals surface area contributed by atoms with Gasteiger partial charge in [-0.25, -0.2) is 4.98 Å². The first-order chi connectivity index (χ1) is 12.0. The van der Waals surface area contributed by atoms with Gasteiger partial charge in [-0.2, -0.15) is 0 Å². The molecule has 2 unspecified atom stereocenters. The van der Waals surface area contributed by atoms with Crippen molar-refractivity contribution in [3.05, 3.63) is 51.9 Å². The summed E-state index contributed by atoms with van der Waals surface area (Å²) >= 11 is 1.31. The fraction of sp³-hybridized carbons (Fsp3) is 0.421. The van der Waals surface area contributed by atoms with Gasteiger partial charge in [-0.05, 0) is 38.3 Å². The number of para-hydroxylation sites is 1. The molecule has 3 rings (SSSR count). The van der Waals surface area contributed by atoms with Crippen LogP contribution in [0, 0.1) is 0 Å². The molecule has 1 amide bonds. The van der Waals surface area contributed by atoms with Crippen molar-refractivity contribution in [2.24, 2.45) is 0 Å². The summed E-state index contributed by atoms with van der Waals surface area (Å²) in [5.41, 5.74) is 2.81. The summed E-state index contributed by atoms with van der Waals surface area (Å²) < 4.78 is 0. The highest BCUT2D eigenvalue weighted by Crippen LogP contribution is 2.34. The number of carbonyl (C=O) groups excluding carboxylic acids is 1. The second kappa shape index (κ2) is 7.44. The molecule has 2 aromatic rings. The molecular weight excluding hydrogens is 334 g/mol. The van der Waals surface area contributed by atoms with Gasteiger partial charge in [0.1, 0.15) is 0 Å². The quantitative estimate of drug-likeness (QED) is 0.659. The number of carbonyl (C=O) groups is 1. The maximum atomic E-state index is 13.0. The van der Waals surface area contributed by atoms with Gasteiger partial charge in [0.15, 0.2) is 5.16 Å².